The van der Waals surface area contributed by atoms with Crippen molar-refractivity contribution < 1.29 is 5.11 Å². The van der Waals surface area contributed by atoms with Gasteiger partial charge in [-0.05, 0) is 36.2 Å². The second-order valence-corrected chi connectivity index (χ2v) is 5.59. The van der Waals surface area contributed by atoms with Crippen molar-refractivity contribution in [3.63, 3.8) is 0 Å². The Labute approximate surface area is 121 Å². The van der Waals surface area contributed by atoms with Crippen molar-refractivity contribution in [3.8, 4) is 6.07 Å². The predicted molar refractivity (Wildman–Crippen MR) is 78.6 cm³/mol. The molecule has 3 heteroatoms. The van der Waals surface area contributed by atoms with Crippen LogP contribution in [0.5, 0.6) is 0 Å². The zero-order chi connectivity index (χ0) is 13.9. The fourth-order valence-electron chi connectivity index (χ4n) is 2.04. The zero-order valence-electron chi connectivity index (χ0n) is 10.6. The smallest absolute Gasteiger partial charge is 0.0991 e. The molecule has 0 amide bonds. The lowest BCUT2D eigenvalue weighted by Crippen LogP contribution is -2.24. The van der Waals surface area contributed by atoms with Crippen molar-refractivity contribution in [1.29, 1.82) is 5.26 Å². The molecule has 0 aliphatic carbocycles. The summed E-state index contributed by atoms with van der Waals surface area (Å²) in [4.78, 5) is 0. The maximum absolute atomic E-state index is 10.7. The molecule has 1 unspecified atom stereocenters. The molecule has 1 atom stereocenters. The van der Waals surface area contributed by atoms with Gasteiger partial charge in [0.2, 0.25) is 0 Å². The number of halogens is 1. The van der Waals surface area contributed by atoms with Crippen molar-refractivity contribution in [1.82, 2.24) is 0 Å². The molecular formula is C16H14BrNO. The highest BCUT2D eigenvalue weighted by atomic mass is 79.9. The Bertz CT molecular complexity index is 629. The van der Waals surface area contributed by atoms with Gasteiger partial charge in [0.25, 0.3) is 0 Å². The third-order valence-electron chi connectivity index (χ3n) is 3.11. The van der Waals surface area contributed by atoms with Crippen molar-refractivity contribution in [2.24, 2.45) is 0 Å². The standard InChI is InChI=1S/C16H14BrNO/c1-16(19,10-13-6-2-3-8-15(13)17)14-7-4-5-12(9-14)11-18/h2-9,19H,10H2,1H3. The maximum atomic E-state index is 10.7. The lowest BCUT2D eigenvalue weighted by atomic mass is 9.88. The largest absolute Gasteiger partial charge is 0.385 e. The topological polar surface area (TPSA) is 44.0 Å². The fraction of sp³-hybridized carbons (Fsp3) is 0.188. The van der Waals surface area contributed by atoms with E-state index < -0.39 is 5.60 Å². The molecule has 2 nitrogen and oxygen atoms in total. The first-order valence-electron chi connectivity index (χ1n) is 5.99. The quantitative estimate of drug-likeness (QED) is 0.937. The van der Waals surface area contributed by atoms with Gasteiger partial charge in [0.15, 0.2) is 0 Å². The molecule has 0 heterocycles. The Morgan fingerprint density at radius 2 is 1.95 bits per heavy atom. The minimum Gasteiger partial charge on any atom is -0.385 e. The molecule has 19 heavy (non-hydrogen) atoms. The normalized spacial score (nSPS) is 13.6. The van der Waals surface area contributed by atoms with Crippen LogP contribution in [0.4, 0.5) is 0 Å². The Morgan fingerprint density at radius 1 is 1.21 bits per heavy atom. The van der Waals surface area contributed by atoms with Gasteiger partial charge in [-0.15, -0.1) is 0 Å². The van der Waals surface area contributed by atoms with Gasteiger partial charge in [0.05, 0.1) is 17.2 Å². The van der Waals surface area contributed by atoms with Gasteiger partial charge in [0.1, 0.15) is 0 Å². The molecule has 0 fully saturated rings. The summed E-state index contributed by atoms with van der Waals surface area (Å²) in [5.41, 5.74) is 1.35. The van der Waals surface area contributed by atoms with Gasteiger partial charge in [-0.2, -0.15) is 5.26 Å². The molecule has 0 aromatic heterocycles. The molecule has 0 saturated carbocycles. The molecule has 0 radical (unpaired) electrons. The summed E-state index contributed by atoms with van der Waals surface area (Å²) < 4.78 is 0.978. The molecule has 2 aromatic carbocycles. The third-order valence-corrected chi connectivity index (χ3v) is 3.88. The van der Waals surface area contributed by atoms with Crippen LogP contribution in [0.15, 0.2) is 53.0 Å². The van der Waals surface area contributed by atoms with Gasteiger partial charge in [-0.3, -0.25) is 0 Å². The second-order valence-electron chi connectivity index (χ2n) is 4.73. The number of hydrogen-bond acceptors (Lipinski definition) is 2. The summed E-state index contributed by atoms with van der Waals surface area (Å²) in [6, 6.07) is 17.0. The summed E-state index contributed by atoms with van der Waals surface area (Å²) in [5, 5.41) is 19.6. The molecule has 0 bridgehead atoms. The zero-order valence-corrected chi connectivity index (χ0v) is 12.2. The second kappa shape index (κ2) is 5.56. The van der Waals surface area contributed by atoms with Crippen LogP contribution in [0.2, 0.25) is 0 Å². The summed E-state index contributed by atoms with van der Waals surface area (Å²) in [6.07, 6.45) is 0.489. The van der Waals surface area contributed by atoms with Crippen molar-refractivity contribution in [2.75, 3.05) is 0 Å². The van der Waals surface area contributed by atoms with Gasteiger partial charge >= 0.3 is 0 Å². The minimum absolute atomic E-state index is 0.489. The van der Waals surface area contributed by atoms with Crippen LogP contribution in [0, 0.1) is 11.3 Å². The first-order valence-corrected chi connectivity index (χ1v) is 6.79. The lowest BCUT2D eigenvalue weighted by Gasteiger charge is -2.24. The average molecular weight is 316 g/mol. The summed E-state index contributed by atoms with van der Waals surface area (Å²) in [5.74, 6) is 0. The lowest BCUT2D eigenvalue weighted by molar-refractivity contribution is 0.0574. The highest BCUT2D eigenvalue weighted by Gasteiger charge is 2.24. The van der Waals surface area contributed by atoms with E-state index in [1.54, 1.807) is 25.1 Å². The van der Waals surface area contributed by atoms with E-state index in [1.807, 2.05) is 30.3 Å². The number of nitriles is 1. The van der Waals surface area contributed by atoms with Crippen LogP contribution < -0.4 is 0 Å². The van der Waals surface area contributed by atoms with Crippen LogP contribution in [-0.4, -0.2) is 5.11 Å². The highest BCUT2D eigenvalue weighted by Crippen LogP contribution is 2.29. The number of nitrogens with zero attached hydrogens (tertiary/aromatic N) is 1. The summed E-state index contributed by atoms with van der Waals surface area (Å²) in [7, 11) is 0. The average Bonchev–Trinajstić information content (AvgIpc) is 2.41. The van der Waals surface area contributed by atoms with E-state index >= 15 is 0 Å². The van der Waals surface area contributed by atoms with E-state index in [1.165, 1.54) is 0 Å². The number of benzene rings is 2. The van der Waals surface area contributed by atoms with Crippen LogP contribution in [0.3, 0.4) is 0 Å². The third kappa shape index (κ3) is 3.23. The molecule has 2 rings (SSSR count). The van der Waals surface area contributed by atoms with Crippen molar-refractivity contribution >= 4 is 15.9 Å². The molecule has 0 saturated heterocycles. The molecule has 0 aliphatic heterocycles. The Balaban J connectivity index is 2.32. The van der Waals surface area contributed by atoms with Crippen molar-refractivity contribution in [3.05, 3.63) is 69.7 Å². The summed E-state index contributed by atoms with van der Waals surface area (Å²) in [6.45, 7) is 1.77. The molecule has 0 spiro atoms. The van der Waals surface area contributed by atoms with E-state index in [9.17, 15) is 5.11 Å². The highest BCUT2D eigenvalue weighted by molar-refractivity contribution is 9.10. The number of rotatable bonds is 3. The van der Waals surface area contributed by atoms with E-state index in [0.717, 1.165) is 15.6 Å². The van der Waals surface area contributed by atoms with Crippen LogP contribution in [0.25, 0.3) is 0 Å². The Morgan fingerprint density at radius 3 is 2.63 bits per heavy atom. The predicted octanol–water partition coefficient (Wildman–Crippen LogP) is 3.77. The molecule has 2 aromatic rings. The Hall–Kier alpha value is -1.63. The first kappa shape index (κ1) is 13.8. The van der Waals surface area contributed by atoms with Gasteiger partial charge < -0.3 is 5.11 Å². The first-order chi connectivity index (χ1) is 9.03. The van der Waals surface area contributed by atoms with Crippen molar-refractivity contribution in [2.45, 2.75) is 18.9 Å². The molecule has 1 N–H and O–H groups in total. The fourth-order valence-corrected chi connectivity index (χ4v) is 2.46. The SMILES string of the molecule is CC(O)(Cc1ccccc1Br)c1cccc(C#N)c1. The minimum atomic E-state index is -1.00. The van der Waals surface area contributed by atoms with Gasteiger partial charge in [0, 0.05) is 10.9 Å². The maximum Gasteiger partial charge on any atom is 0.0991 e. The van der Waals surface area contributed by atoms with E-state index in [2.05, 4.69) is 22.0 Å². The van der Waals surface area contributed by atoms with Gasteiger partial charge in [-0.1, -0.05) is 46.3 Å². The van der Waals surface area contributed by atoms with E-state index in [0.29, 0.717) is 12.0 Å². The molecular weight excluding hydrogens is 302 g/mol. The van der Waals surface area contributed by atoms with Crippen LogP contribution >= 0.6 is 15.9 Å². The van der Waals surface area contributed by atoms with Gasteiger partial charge in [-0.25, -0.2) is 0 Å². The van der Waals surface area contributed by atoms with Crippen LogP contribution in [0.1, 0.15) is 23.6 Å². The summed E-state index contributed by atoms with van der Waals surface area (Å²) >= 11 is 3.49. The van der Waals surface area contributed by atoms with Crippen LogP contribution in [-0.2, 0) is 12.0 Å². The monoisotopic (exact) mass is 315 g/mol. The Kier molecular flexibility index (Phi) is 4.04. The molecule has 96 valence electrons. The number of hydrogen-bond donors (Lipinski definition) is 1. The molecule has 0 aliphatic rings. The number of aliphatic hydroxyl groups is 1. The van der Waals surface area contributed by atoms with E-state index in [-0.39, 0.29) is 0 Å². The van der Waals surface area contributed by atoms with E-state index in [4.69, 9.17) is 5.26 Å².